The fourth-order valence-electron chi connectivity index (χ4n) is 3.49. The first-order valence-electron chi connectivity index (χ1n) is 8.83. The van der Waals surface area contributed by atoms with E-state index < -0.39 is 0 Å². The lowest BCUT2D eigenvalue weighted by molar-refractivity contribution is 0.791. The van der Waals surface area contributed by atoms with Crippen LogP contribution in [-0.2, 0) is 0 Å². The lowest BCUT2D eigenvalue weighted by Crippen LogP contribution is -2.06. The van der Waals surface area contributed by atoms with Gasteiger partial charge in [0, 0.05) is 22.3 Å². The fourth-order valence-corrected chi connectivity index (χ4v) is 3.49. The number of anilines is 2. The zero-order valence-electron chi connectivity index (χ0n) is 15.1. The predicted molar refractivity (Wildman–Crippen MR) is 108 cm³/mol. The minimum absolute atomic E-state index is 0.699. The molecule has 0 saturated carbocycles. The molecule has 0 fully saturated rings. The third-order valence-corrected chi connectivity index (χ3v) is 4.66. The molecule has 3 heterocycles. The molecule has 132 valence electrons. The van der Waals surface area contributed by atoms with Crippen LogP contribution < -0.4 is 5.32 Å². The van der Waals surface area contributed by atoms with Gasteiger partial charge in [0.1, 0.15) is 0 Å². The molecule has 27 heavy (non-hydrogen) atoms. The lowest BCUT2D eigenvalue weighted by atomic mass is 10.2. The van der Waals surface area contributed by atoms with Crippen molar-refractivity contribution in [2.75, 3.05) is 5.32 Å². The molecule has 6 nitrogen and oxygen atoms in total. The Kier molecular flexibility index (Phi) is 3.43. The highest BCUT2D eigenvalue weighted by Crippen LogP contribution is 2.34. The maximum atomic E-state index is 4.59. The fraction of sp³-hybridized carbons (Fsp3) is 0.0952. The average molecular weight is 354 g/mol. The van der Waals surface area contributed by atoms with Gasteiger partial charge < -0.3 is 10.3 Å². The smallest absolute Gasteiger partial charge is 0.200 e. The third kappa shape index (κ3) is 2.54. The van der Waals surface area contributed by atoms with Gasteiger partial charge in [-0.15, -0.1) is 10.2 Å². The SMILES string of the molecule is Cc1cc(C)n(-c2nnc(Nc3ccccc3)c3c2[nH]c2ccccc23)n1. The molecule has 0 spiro atoms. The number of aryl methyl sites for hydroxylation is 2. The lowest BCUT2D eigenvalue weighted by Gasteiger charge is -2.09. The summed E-state index contributed by atoms with van der Waals surface area (Å²) in [5, 5.41) is 19.1. The van der Waals surface area contributed by atoms with Crippen LogP contribution in [0.2, 0.25) is 0 Å². The summed E-state index contributed by atoms with van der Waals surface area (Å²) < 4.78 is 1.84. The second-order valence-corrected chi connectivity index (χ2v) is 6.62. The number of para-hydroxylation sites is 2. The number of benzene rings is 2. The van der Waals surface area contributed by atoms with Crippen molar-refractivity contribution in [1.29, 1.82) is 0 Å². The summed E-state index contributed by atoms with van der Waals surface area (Å²) in [5.74, 6) is 1.42. The zero-order valence-corrected chi connectivity index (χ0v) is 15.1. The molecular weight excluding hydrogens is 336 g/mol. The van der Waals surface area contributed by atoms with Crippen molar-refractivity contribution in [2.24, 2.45) is 0 Å². The molecule has 0 saturated heterocycles. The first-order valence-corrected chi connectivity index (χ1v) is 8.83. The molecule has 5 rings (SSSR count). The molecule has 5 aromatic rings. The van der Waals surface area contributed by atoms with Gasteiger partial charge in [-0.1, -0.05) is 36.4 Å². The molecule has 2 N–H and O–H groups in total. The minimum Gasteiger partial charge on any atom is -0.351 e. The summed E-state index contributed by atoms with van der Waals surface area (Å²) in [6, 6.07) is 20.2. The topological polar surface area (TPSA) is 71.4 Å². The third-order valence-electron chi connectivity index (χ3n) is 4.66. The molecule has 2 aromatic carbocycles. The van der Waals surface area contributed by atoms with Crippen LogP contribution in [0.25, 0.3) is 27.6 Å². The Bertz CT molecular complexity index is 1270. The van der Waals surface area contributed by atoms with Crippen molar-refractivity contribution in [1.82, 2.24) is 25.0 Å². The Labute approximate surface area is 155 Å². The normalized spacial score (nSPS) is 11.3. The number of nitrogens with one attached hydrogen (secondary N) is 2. The van der Waals surface area contributed by atoms with Gasteiger partial charge in [0.15, 0.2) is 11.6 Å². The van der Waals surface area contributed by atoms with Crippen molar-refractivity contribution in [2.45, 2.75) is 13.8 Å². The molecule has 0 amide bonds. The van der Waals surface area contributed by atoms with E-state index in [1.807, 2.05) is 67.1 Å². The molecule has 6 heteroatoms. The largest absolute Gasteiger partial charge is 0.351 e. The van der Waals surface area contributed by atoms with Gasteiger partial charge in [0.05, 0.1) is 16.6 Å². The van der Waals surface area contributed by atoms with Crippen LogP contribution in [0, 0.1) is 13.8 Å². The zero-order chi connectivity index (χ0) is 18.4. The Balaban J connectivity index is 1.80. The van der Waals surface area contributed by atoms with Gasteiger partial charge in [0.2, 0.25) is 0 Å². The van der Waals surface area contributed by atoms with Crippen molar-refractivity contribution in [3.8, 4) is 5.82 Å². The van der Waals surface area contributed by atoms with E-state index in [-0.39, 0.29) is 0 Å². The van der Waals surface area contributed by atoms with E-state index in [1.165, 1.54) is 0 Å². The van der Waals surface area contributed by atoms with E-state index in [0.717, 1.165) is 44.7 Å². The summed E-state index contributed by atoms with van der Waals surface area (Å²) in [7, 11) is 0. The average Bonchev–Trinajstić information content (AvgIpc) is 3.23. The summed E-state index contributed by atoms with van der Waals surface area (Å²) in [5.41, 5.74) is 4.89. The Morgan fingerprint density at radius 1 is 0.926 bits per heavy atom. The number of H-pyrrole nitrogens is 1. The maximum Gasteiger partial charge on any atom is 0.200 e. The van der Waals surface area contributed by atoms with E-state index in [4.69, 9.17) is 0 Å². The number of hydrogen-bond acceptors (Lipinski definition) is 4. The monoisotopic (exact) mass is 354 g/mol. The summed E-state index contributed by atoms with van der Waals surface area (Å²) in [4.78, 5) is 3.50. The summed E-state index contributed by atoms with van der Waals surface area (Å²) >= 11 is 0. The predicted octanol–water partition coefficient (Wildman–Crippen LogP) is 4.66. The van der Waals surface area contributed by atoms with Crippen molar-refractivity contribution in [3.05, 3.63) is 72.1 Å². The van der Waals surface area contributed by atoms with E-state index in [1.54, 1.807) is 0 Å². The van der Waals surface area contributed by atoms with Crippen molar-refractivity contribution < 1.29 is 0 Å². The van der Waals surface area contributed by atoms with Crippen LogP contribution in [-0.4, -0.2) is 25.0 Å². The summed E-state index contributed by atoms with van der Waals surface area (Å²) in [6.45, 7) is 4.00. The van der Waals surface area contributed by atoms with Gasteiger partial charge in [-0.05, 0) is 38.1 Å². The van der Waals surface area contributed by atoms with Gasteiger partial charge in [-0.3, -0.25) is 0 Å². The number of aromatic amines is 1. The summed E-state index contributed by atoms with van der Waals surface area (Å²) in [6.07, 6.45) is 0. The number of nitrogens with zero attached hydrogens (tertiary/aromatic N) is 4. The first kappa shape index (κ1) is 15.6. The molecule has 0 aliphatic carbocycles. The van der Waals surface area contributed by atoms with Crippen LogP contribution >= 0.6 is 0 Å². The van der Waals surface area contributed by atoms with E-state index in [0.29, 0.717) is 5.82 Å². The minimum atomic E-state index is 0.699. The van der Waals surface area contributed by atoms with Gasteiger partial charge >= 0.3 is 0 Å². The molecule has 0 atom stereocenters. The highest BCUT2D eigenvalue weighted by molar-refractivity contribution is 6.14. The first-order chi connectivity index (χ1) is 13.2. The molecule has 0 radical (unpaired) electrons. The standard InChI is InChI=1S/C21H18N6/c1-13-12-14(2)27(26-13)21-19-18(16-10-6-7-11-17(16)23-19)20(24-25-21)22-15-8-4-3-5-9-15/h3-12,23H,1-2H3,(H,22,24). The highest BCUT2D eigenvalue weighted by atomic mass is 15.4. The maximum absolute atomic E-state index is 4.59. The highest BCUT2D eigenvalue weighted by Gasteiger charge is 2.18. The van der Waals surface area contributed by atoms with Crippen LogP contribution in [0.5, 0.6) is 0 Å². The Hall–Kier alpha value is -3.67. The Morgan fingerprint density at radius 3 is 2.48 bits per heavy atom. The number of aromatic nitrogens is 5. The number of fused-ring (bicyclic) bond motifs is 3. The molecule has 0 aliphatic heterocycles. The second kappa shape index (κ2) is 5.95. The Morgan fingerprint density at radius 2 is 1.70 bits per heavy atom. The molecule has 0 bridgehead atoms. The van der Waals surface area contributed by atoms with E-state index >= 15 is 0 Å². The molecular formula is C21H18N6. The van der Waals surface area contributed by atoms with Gasteiger partial charge in [-0.2, -0.15) is 5.10 Å². The number of rotatable bonds is 3. The molecule has 3 aromatic heterocycles. The van der Waals surface area contributed by atoms with Crippen molar-refractivity contribution in [3.63, 3.8) is 0 Å². The van der Waals surface area contributed by atoms with Gasteiger partial charge in [-0.25, -0.2) is 4.68 Å². The van der Waals surface area contributed by atoms with Crippen LogP contribution in [0.15, 0.2) is 60.7 Å². The van der Waals surface area contributed by atoms with Gasteiger partial charge in [0.25, 0.3) is 0 Å². The molecule has 0 unspecified atom stereocenters. The molecule has 0 aliphatic rings. The number of hydrogen-bond donors (Lipinski definition) is 2. The van der Waals surface area contributed by atoms with Crippen LogP contribution in [0.4, 0.5) is 11.5 Å². The quantitative estimate of drug-likeness (QED) is 0.494. The van der Waals surface area contributed by atoms with E-state index in [9.17, 15) is 0 Å². The van der Waals surface area contributed by atoms with Crippen molar-refractivity contribution >= 4 is 33.3 Å². The second-order valence-electron chi connectivity index (χ2n) is 6.62. The van der Waals surface area contributed by atoms with Crippen LogP contribution in [0.1, 0.15) is 11.4 Å². The van der Waals surface area contributed by atoms with E-state index in [2.05, 4.69) is 37.7 Å². The van der Waals surface area contributed by atoms with Crippen LogP contribution in [0.3, 0.4) is 0 Å².